The van der Waals surface area contributed by atoms with Gasteiger partial charge in [-0.15, -0.1) is 0 Å². The van der Waals surface area contributed by atoms with Crippen LogP contribution >= 0.6 is 0 Å². The molecule has 0 aromatic carbocycles. The molecule has 1 nitrogen and oxygen atoms in total. The monoisotopic (exact) mass is 129 g/mol. The summed E-state index contributed by atoms with van der Waals surface area (Å²) in [6.45, 7) is 6.53. The Hall–Kier alpha value is -0.0400. The first-order valence-corrected chi connectivity index (χ1v) is 3.97. The van der Waals surface area contributed by atoms with Crippen LogP contribution in [-0.2, 0) is 0 Å². The molecule has 0 spiro atoms. The largest absolute Gasteiger partial charge is 0.328 e. The lowest BCUT2D eigenvalue weighted by Gasteiger charge is -2.17. The van der Waals surface area contributed by atoms with Crippen molar-refractivity contribution < 1.29 is 0 Å². The van der Waals surface area contributed by atoms with Crippen molar-refractivity contribution in [3.05, 3.63) is 0 Å². The van der Waals surface area contributed by atoms with Crippen LogP contribution in [0.5, 0.6) is 0 Å². The van der Waals surface area contributed by atoms with Crippen molar-refractivity contribution >= 4 is 0 Å². The second kappa shape index (κ2) is 4.80. The van der Waals surface area contributed by atoms with Crippen LogP contribution in [0, 0.1) is 5.92 Å². The van der Waals surface area contributed by atoms with E-state index >= 15 is 0 Å². The molecule has 2 N–H and O–H groups in total. The predicted molar refractivity (Wildman–Crippen MR) is 42.3 cm³/mol. The first-order chi connectivity index (χ1) is 4.22. The summed E-state index contributed by atoms with van der Waals surface area (Å²) in [5.41, 5.74) is 5.73. The van der Waals surface area contributed by atoms with Crippen LogP contribution in [0.3, 0.4) is 0 Å². The van der Waals surface area contributed by atoms with Gasteiger partial charge in [-0.1, -0.05) is 26.7 Å². The molecule has 0 radical (unpaired) electrons. The third-order valence-corrected chi connectivity index (χ3v) is 1.93. The van der Waals surface area contributed by atoms with Gasteiger partial charge in [0.05, 0.1) is 0 Å². The van der Waals surface area contributed by atoms with Crippen molar-refractivity contribution in [1.29, 1.82) is 0 Å². The van der Waals surface area contributed by atoms with Gasteiger partial charge in [0.2, 0.25) is 0 Å². The Morgan fingerprint density at radius 2 is 1.89 bits per heavy atom. The van der Waals surface area contributed by atoms with Gasteiger partial charge in [-0.05, 0) is 19.3 Å². The van der Waals surface area contributed by atoms with E-state index in [-0.39, 0.29) is 0 Å². The fourth-order valence-electron chi connectivity index (χ4n) is 1.21. The second-order valence-corrected chi connectivity index (χ2v) is 2.82. The number of rotatable bonds is 4. The maximum absolute atomic E-state index is 5.73. The van der Waals surface area contributed by atoms with Crippen LogP contribution in [0.25, 0.3) is 0 Å². The van der Waals surface area contributed by atoms with E-state index in [4.69, 9.17) is 5.73 Å². The maximum atomic E-state index is 5.73. The summed E-state index contributed by atoms with van der Waals surface area (Å²) in [5.74, 6) is 0.745. The van der Waals surface area contributed by atoms with Crippen LogP contribution in [-0.4, -0.2) is 6.04 Å². The van der Waals surface area contributed by atoms with Gasteiger partial charge in [-0.2, -0.15) is 0 Å². The quantitative estimate of drug-likeness (QED) is 0.618. The molecule has 0 rings (SSSR count). The Morgan fingerprint density at radius 3 is 2.00 bits per heavy atom. The highest BCUT2D eigenvalue weighted by atomic mass is 14.6. The van der Waals surface area contributed by atoms with Crippen LogP contribution in [0.4, 0.5) is 0 Å². The molecule has 1 unspecified atom stereocenters. The summed E-state index contributed by atoms with van der Waals surface area (Å²) in [7, 11) is 0. The summed E-state index contributed by atoms with van der Waals surface area (Å²) in [5, 5.41) is 0. The van der Waals surface area contributed by atoms with Crippen molar-refractivity contribution in [3.8, 4) is 0 Å². The zero-order chi connectivity index (χ0) is 7.28. The molecule has 0 aromatic rings. The average molecular weight is 129 g/mol. The van der Waals surface area contributed by atoms with E-state index in [0.29, 0.717) is 6.04 Å². The van der Waals surface area contributed by atoms with E-state index in [9.17, 15) is 0 Å². The highest BCUT2D eigenvalue weighted by Gasteiger charge is 2.08. The average Bonchev–Trinajstić information content (AvgIpc) is 1.82. The van der Waals surface area contributed by atoms with Crippen molar-refractivity contribution in [3.63, 3.8) is 0 Å². The number of hydrogen-bond donors (Lipinski definition) is 1. The molecule has 0 heterocycles. The lowest BCUT2D eigenvalue weighted by atomic mass is 9.94. The Labute approximate surface area is 58.6 Å². The van der Waals surface area contributed by atoms with E-state index in [2.05, 4.69) is 20.8 Å². The molecule has 1 heteroatoms. The minimum Gasteiger partial charge on any atom is -0.328 e. The van der Waals surface area contributed by atoms with Crippen LogP contribution in [0.1, 0.15) is 40.0 Å². The number of hydrogen-bond acceptors (Lipinski definition) is 1. The first-order valence-electron chi connectivity index (χ1n) is 3.97. The molecule has 56 valence electrons. The van der Waals surface area contributed by atoms with E-state index in [1.807, 2.05) is 0 Å². The van der Waals surface area contributed by atoms with E-state index in [1.165, 1.54) is 19.3 Å². The van der Waals surface area contributed by atoms with Crippen molar-refractivity contribution in [2.45, 2.75) is 46.1 Å². The molecule has 0 aliphatic carbocycles. The van der Waals surface area contributed by atoms with Gasteiger partial charge in [0.1, 0.15) is 0 Å². The van der Waals surface area contributed by atoms with E-state index in [0.717, 1.165) is 5.92 Å². The SMILES string of the molecule is CCCC(CC)[C@H](C)N. The topological polar surface area (TPSA) is 26.0 Å². The molecule has 9 heavy (non-hydrogen) atoms. The van der Waals surface area contributed by atoms with Crippen LogP contribution in [0.2, 0.25) is 0 Å². The highest BCUT2D eigenvalue weighted by molar-refractivity contribution is 4.65. The van der Waals surface area contributed by atoms with Crippen molar-refractivity contribution in [2.24, 2.45) is 11.7 Å². The molecule has 0 aliphatic rings. The minimum absolute atomic E-state index is 0.384. The highest BCUT2D eigenvalue weighted by Crippen LogP contribution is 2.12. The summed E-state index contributed by atoms with van der Waals surface area (Å²) in [6, 6.07) is 0.384. The molecular weight excluding hydrogens is 110 g/mol. The third-order valence-electron chi connectivity index (χ3n) is 1.93. The molecule has 0 aliphatic heterocycles. The second-order valence-electron chi connectivity index (χ2n) is 2.82. The standard InChI is InChI=1S/C8H19N/c1-4-6-8(5-2)7(3)9/h7-8H,4-6,9H2,1-3H3/t7-,8?/m0/s1. The van der Waals surface area contributed by atoms with Gasteiger partial charge in [0, 0.05) is 6.04 Å². The van der Waals surface area contributed by atoms with E-state index in [1.54, 1.807) is 0 Å². The molecule has 0 saturated heterocycles. The van der Waals surface area contributed by atoms with Gasteiger partial charge in [-0.25, -0.2) is 0 Å². The summed E-state index contributed by atoms with van der Waals surface area (Å²) in [6.07, 6.45) is 3.78. The third kappa shape index (κ3) is 3.52. The molecule has 0 bridgehead atoms. The lowest BCUT2D eigenvalue weighted by molar-refractivity contribution is 0.397. The van der Waals surface area contributed by atoms with Gasteiger partial charge >= 0.3 is 0 Å². The normalized spacial score (nSPS) is 17.3. The Morgan fingerprint density at radius 1 is 1.33 bits per heavy atom. The fraction of sp³-hybridized carbons (Fsp3) is 1.00. The zero-order valence-corrected chi connectivity index (χ0v) is 6.85. The van der Waals surface area contributed by atoms with Gasteiger partial charge in [0.15, 0.2) is 0 Å². The van der Waals surface area contributed by atoms with Gasteiger partial charge in [-0.3, -0.25) is 0 Å². The maximum Gasteiger partial charge on any atom is 0.00386 e. The lowest BCUT2D eigenvalue weighted by Crippen LogP contribution is -2.25. The Kier molecular flexibility index (Phi) is 4.78. The zero-order valence-electron chi connectivity index (χ0n) is 6.85. The molecule has 0 aromatic heterocycles. The van der Waals surface area contributed by atoms with E-state index < -0.39 is 0 Å². The summed E-state index contributed by atoms with van der Waals surface area (Å²) in [4.78, 5) is 0. The van der Waals surface area contributed by atoms with Crippen LogP contribution < -0.4 is 5.73 Å². The first kappa shape index (κ1) is 8.96. The van der Waals surface area contributed by atoms with Gasteiger partial charge < -0.3 is 5.73 Å². The molecule has 0 saturated carbocycles. The Balaban J connectivity index is 3.41. The van der Waals surface area contributed by atoms with Gasteiger partial charge in [0.25, 0.3) is 0 Å². The molecule has 0 amide bonds. The smallest absolute Gasteiger partial charge is 0.00386 e. The minimum atomic E-state index is 0.384. The molecule has 0 fully saturated rings. The summed E-state index contributed by atoms with van der Waals surface area (Å²) >= 11 is 0. The molecule has 2 atom stereocenters. The van der Waals surface area contributed by atoms with Crippen molar-refractivity contribution in [1.82, 2.24) is 0 Å². The molecular formula is C8H19N. The Bertz CT molecular complexity index is 59.6. The van der Waals surface area contributed by atoms with Crippen LogP contribution in [0.15, 0.2) is 0 Å². The fourth-order valence-corrected chi connectivity index (χ4v) is 1.21. The predicted octanol–water partition coefficient (Wildman–Crippen LogP) is 2.16. The summed E-state index contributed by atoms with van der Waals surface area (Å²) < 4.78 is 0. The van der Waals surface area contributed by atoms with Crippen molar-refractivity contribution in [2.75, 3.05) is 0 Å². The number of nitrogens with two attached hydrogens (primary N) is 1.